The van der Waals surface area contributed by atoms with Gasteiger partial charge in [0.25, 0.3) is 0 Å². The van der Waals surface area contributed by atoms with Crippen LogP contribution in [-0.4, -0.2) is 0 Å². The van der Waals surface area contributed by atoms with Crippen LogP contribution in [0.5, 0.6) is 0 Å². The highest BCUT2D eigenvalue weighted by Gasteiger charge is 2.45. The third kappa shape index (κ3) is 2.32. The molecule has 0 aromatic heterocycles. The Kier molecular flexibility index (Phi) is 3.87. The molecule has 1 aliphatic heterocycles. The van der Waals surface area contributed by atoms with Gasteiger partial charge in [0.15, 0.2) is 11.4 Å². The highest BCUT2D eigenvalue weighted by Crippen LogP contribution is 2.48. The van der Waals surface area contributed by atoms with Gasteiger partial charge in [-0.2, -0.15) is 10.5 Å². The van der Waals surface area contributed by atoms with Gasteiger partial charge in [-0.15, -0.1) is 0 Å². The summed E-state index contributed by atoms with van der Waals surface area (Å²) in [6, 6.07) is 14.1. The summed E-state index contributed by atoms with van der Waals surface area (Å²) in [4.78, 5) is 0. The average Bonchev–Trinajstić information content (AvgIpc) is 2.81. The largest absolute Gasteiger partial charge is 0.476 e. The summed E-state index contributed by atoms with van der Waals surface area (Å²) in [6.45, 7) is 7.73. The van der Waals surface area contributed by atoms with Crippen molar-refractivity contribution in [3.05, 3.63) is 58.4 Å². The normalized spacial score (nSPS) is 23.6. The maximum atomic E-state index is 9.55. The molecule has 1 aliphatic rings. The molecule has 0 saturated carbocycles. The van der Waals surface area contributed by atoms with E-state index in [9.17, 15) is 5.26 Å². The third-order valence-corrected chi connectivity index (χ3v) is 3.84. The Morgan fingerprint density at radius 1 is 1.19 bits per heavy atom. The number of nitriles is 2. The lowest BCUT2D eigenvalue weighted by Gasteiger charge is -2.30. The second kappa shape index (κ2) is 5.46. The molecule has 106 valence electrons. The molecule has 3 heteroatoms. The molecule has 0 aliphatic carbocycles. The maximum Gasteiger partial charge on any atom is 0.154 e. The van der Waals surface area contributed by atoms with E-state index < -0.39 is 5.60 Å². The summed E-state index contributed by atoms with van der Waals surface area (Å²) in [7, 11) is 0. The van der Waals surface area contributed by atoms with Gasteiger partial charge < -0.3 is 4.74 Å². The van der Waals surface area contributed by atoms with Crippen LogP contribution >= 0.6 is 0 Å². The van der Waals surface area contributed by atoms with E-state index >= 15 is 0 Å². The van der Waals surface area contributed by atoms with Crippen LogP contribution in [-0.2, 0) is 10.3 Å². The molecule has 0 spiro atoms. The van der Waals surface area contributed by atoms with Gasteiger partial charge in [-0.1, -0.05) is 44.2 Å². The van der Waals surface area contributed by atoms with Crippen molar-refractivity contribution in [1.82, 2.24) is 0 Å². The lowest BCUT2D eigenvalue weighted by Crippen LogP contribution is -2.26. The second-order valence-electron chi connectivity index (χ2n) is 5.62. The fourth-order valence-electron chi connectivity index (χ4n) is 2.91. The van der Waals surface area contributed by atoms with Gasteiger partial charge >= 0.3 is 0 Å². The molecule has 0 amide bonds. The topological polar surface area (TPSA) is 56.8 Å². The Morgan fingerprint density at radius 2 is 1.81 bits per heavy atom. The van der Waals surface area contributed by atoms with Crippen molar-refractivity contribution in [3.63, 3.8) is 0 Å². The first-order valence-corrected chi connectivity index (χ1v) is 6.96. The Morgan fingerprint density at radius 3 is 2.29 bits per heavy atom. The summed E-state index contributed by atoms with van der Waals surface area (Å²) in [5.41, 5.74) is 2.15. The zero-order chi connectivity index (χ0) is 15.6. The first-order valence-electron chi connectivity index (χ1n) is 6.96. The molecule has 0 N–H and O–H groups in total. The van der Waals surface area contributed by atoms with Gasteiger partial charge in [0.05, 0.1) is 17.2 Å². The minimum atomic E-state index is -0.700. The van der Waals surface area contributed by atoms with E-state index in [1.165, 1.54) is 0 Å². The summed E-state index contributed by atoms with van der Waals surface area (Å²) in [5, 5.41) is 18.7. The van der Waals surface area contributed by atoms with Crippen molar-refractivity contribution in [1.29, 1.82) is 10.5 Å². The van der Waals surface area contributed by atoms with Crippen molar-refractivity contribution in [2.45, 2.75) is 33.3 Å². The molecular formula is C18H18N2O. The van der Waals surface area contributed by atoms with Crippen LogP contribution in [0.1, 0.15) is 33.3 Å². The number of hydrogen-bond acceptors (Lipinski definition) is 3. The van der Waals surface area contributed by atoms with Crippen molar-refractivity contribution in [2.75, 3.05) is 0 Å². The van der Waals surface area contributed by atoms with Gasteiger partial charge in [0, 0.05) is 5.57 Å². The fraction of sp³-hybridized carbons (Fsp3) is 0.333. The Balaban J connectivity index is 2.74. The molecular weight excluding hydrogens is 260 g/mol. The number of nitrogens with zero attached hydrogens (tertiary/aromatic N) is 2. The summed E-state index contributed by atoms with van der Waals surface area (Å²) in [5.74, 6) is 0.559. The fourth-order valence-corrected chi connectivity index (χ4v) is 2.91. The molecule has 21 heavy (non-hydrogen) atoms. The number of allylic oxidation sites excluding steroid dienone is 2. The molecule has 0 fully saturated rings. The molecule has 0 saturated heterocycles. The van der Waals surface area contributed by atoms with Crippen LogP contribution in [0.2, 0.25) is 0 Å². The van der Waals surface area contributed by atoms with Crippen molar-refractivity contribution >= 4 is 0 Å². The first-order chi connectivity index (χ1) is 9.95. The number of rotatable bonds is 2. The van der Waals surface area contributed by atoms with Gasteiger partial charge in [-0.25, -0.2) is 0 Å². The van der Waals surface area contributed by atoms with Gasteiger partial charge in [0.1, 0.15) is 6.07 Å². The maximum absolute atomic E-state index is 9.55. The summed E-state index contributed by atoms with van der Waals surface area (Å²) < 4.78 is 6.13. The van der Waals surface area contributed by atoms with Crippen LogP contribution in [0.3, 0.4) is 0 Å². The monoisotopic (exact) mass is 278 g/mol. The van der Waals surface area contributed by atoms with E-state index in [2.05, 4.69) is 12.1 Å². The highest BCUT2D eigenvalue weighted by atomic mass is 16.5. The predicted molar refractivity (Wildman–Crippen MR) is 80.7 cm³/mol. The molecule has 1 heterocycles. The molecule has 2 rings (SSSR count). The number of ether oxygens (including phenoxy) is 1. The van der Waals surface area contributed by atoms with E-state index in [0.717, 1.165) is 11.1 Å². The lowest BCUT2D eigenvalue weighted by molar-refractivity contribution is 0.0657. The molecule has 1 aromatic rings. The second-order valence-corrected chi connectivity index (χ2v) is 5.62. The Labute approximate surface area is 125 Å². The Hall–Kier alpha value is -2.52. The van der Waals surface area contributed by atoms with E-state index in [0.29, 0.717) is 16.9 Å². The first kappa shape index (κ1) is 14.9. The van der Waals surface area contributed by atoms with Gasteiger partial charge in [0.2, 0.25) is 0 Å². The van der Waals surface area contributed by atoms with E-state index in [1.807, 2.05) is 51.1 Å². The standard InChI is InChI=1S/C18H18N2O/c1-12(2)16-15(11-20)17(13(3)10-19)21-18(16,4)14-8-6-5-7-9-14/h5-9,12H,1-4H3/b17-13-. The molecule has 0 bridgehead atoms. The van der Waals surface area contributed by atoms with Crippen LogP contribution < -0.4 is 0 Å². The Bertz CT molecular complexity index is 699. The van der Waals surface area contributed by atoms with Crippen molar-refractivity contribution < 1.29 is 4.74 Å². The smallest absolute Gasteiger partial charge is 0.154 e. The number of hydrogen-bond donors (Lipinski definition) is 0. The minimum absolute atomic E-state index is 0.147. The molecule has 1 aromatic carbocycles. The molecule has 3 nitrogen and oxygen atoms in total. The minimum Gasteiger partial charge on any atom is -0.476 e. The van der Waals surface area contributed by atoms with Crippen LogP contribution in [0.4, 0.5) is 0 Å². The van der Waals surface area contributed by atoms with Crippen LogP contribution in [0, 0.1) is 28.6 Å². The van der Waals surface area contributed by atoms with Gasteiger partial charge in [-0.05, 0) is 25.3 Å². The molecule has 1 atom stereocenters. The zero-order valence-electron chi connectivity index (χ0n) is 12.8. The van der Waals surface area contributed by atoms with Gasteiger partial charge in [-0.3, -0.25) is 0 Å². The lowest BCUT2D eigenvalue weighted by atomic mass is 9.81. The zero-order valence-corrected chi connectivity index (χ0v) is 12.8. The predicted octanol–water partition coefficient (Wildman–Crippen LogP) is 4.21. The van der Waals surface area contributed by atoms with Crippen molar-refractivity contribution in [3.8, 4) is 12.1 Å². The molecule has 0 radical (unpaired) electrons. The highest BCUT2D eigenvalue weighted by molar-refractivity contribution is 5.56. The number of benzene rings is 1. The summed E-state index contributed by atoms with van der Waals surface area (Å²) in [6.07, 6.45) is 0. The quantitative estimate of drug-likeness (QED) is 0.761. The molecule has 1 unspecified atom stereocenters. The van der Waals surface area contributed by atoms with E-state index in [1.54, 1.807) is 6.92 Å². The summed E-state index contributed by atoms with van der Waals surface area (Å²) >= 11 is 0. The third-order valence-electron chi connectivity index (χ3n) is 3.84. The SMILES string of the molecule is C/C(C#N)=C1/OC(C)(c2ccccc2)C(C(C)C)=C1C#N. The van der Waals surface area contributed by atoms with Crippen molar-refractivity contribution in [2.24, 2.45) is 5.92 Å². The average molecular weight is 278 g/mol. The van der Waals surface area contributed by atoms with E-state index in [-0.39, 0.29) is 5.92 Å². The van der Waals surface area contributed by atoms with Crippen LogP contribution in [0.25, 0.3) is 0 Å². The van der Waals surface area contributed by atoms with Crippen LogP contribution in [0.15, 0.2) is 52.8 Å². The van der Waals surface area contributed by atoms with E-state index in [4.69, 9.17) is 10.00 Å².